The molecule has 5 heteroatoms. The first-order valence-electron chi connectivity index (χ1n) is 11.4. The Labute approximate surface area is 194 Å². The number of amides is 2. The van der Waals surface area contributed by atoms with Crippen LogP contribution in [0.4, 0.5) is 10.5 Å². The van der Waals surface area contributed by atoms with E-state index in [1.165, 1.54) is 0 Å². The van der Waals surface area contributed by atoms with E-state index in [4.69, 9.17) is 4.74 Å². The lowest BCUT2D eigenvalue weighted by Crippen LogP contribution is -2.44. The first kappa shape index (κ1) is 21.3. The molecule has 0 radical (unpaired) electrons. The second-order valence-corrected chi connectivity index (χ2v) is 9.79. The van der Waals surface area contributed by atoms with Gasteiger partial charge in [-0.2, -0.15) is 0 Å². The highest BCUT2D eigenvalue weighted by atomic mass is 16.6. The van der Waals surface area contributed by atoms with Crippen molar-refractivity contribution in [3.8, 4) is 11.1 Å². The summed E-state index contributed by atoms with van der Waals surface area (Å²) in [6.07, 6.45) is 0.140. The molecule has 2 aliphatic rings. The van der Waals surface area contributed by atoms with E-state index in [-0.39, 0.29) is 5.91 Å². The van der Waals surface area contributed by atoms with Crippen molar-refractivity contribution in [2.75, 3.05) is 11.9 Å². The molecule has 1 spiro atoms. The maximum Gasteiger partial charge on any atom is 0.410 e. The van der Waals surface area contributed by atoms with Gasteiger partial charge in [0.15, 0.2) is 0 Å². The third-order valence-electron chi connectivity index (χ3n) is 6.52. The van der Waals surface area contributed by atoms with E-state index < -0.39 is 23.2 Å². The molecule has 2 heterocycles. The molecule has 2 atom stereocenters. The van der Waals surface area contributed by atoms with E-state index in [1.807, 2.05) is 75.4 Å². The number of para-hydroxylation sites is 1. The largest absolute Gasteiger partial charge is 0.444 e. The van der Waals surface area contributed by atoms with E-state index in [1.54, 1.807) is 4.90 Å². The standard InChI is InChI=1S/C28H28N2O3/c1-27(2,3)33-26(32)30-17-16-28(22-14-7-8-15-23(22)29-25(28)31)24(30)21-13-9-12-20(18-21)19-10-5-4-6-11-19/h4-15,18,24H,16-17H2,1-3H3,(H,29,31)/t24-,28-/m1/s1. The number of anilines is 1. The lowest BCUT2D eigenvalue weighted by molar-refractivity contribution is -0.121. The fourth-order valence-corrected chi connectivity index (χ4v) is 5.19. The lowest BCUT2D eigenvalue weighted by atomic mass is 9.72. The van der Waals surface area contributed by atoms with E-state index in [9.17, 15) is 9.59 Å². The third-order valence-corrected chi connectivity index (χ3v) is 6.52. The van der Waals surface area contributed by atoms with Crippen LogP contribution in [-0.2, 0) is 14.9 Å². The Bertz CT molecular complexity index is 1220. The molecule has 1 N–H and O–H groups in total. The van der Waals surface area contributed by atoms with Gasteiger partial charge in [-0.3, -0.25) is 9.69 Å². The quantitative estimate of drug-likeness (QED) is 0.538. The normalized spacial score (nSPS) is 21.7. The zero-order valence-corrected chi connectivity index (χ0v) is 19.2. The zero-order valence-electron chi connectivity index (χ0n) is 19.2. The van der Waals surface area contributed by atoms with Gasteiger partial charge < -0.3 is 10.1 Å². The van der Waals surface area contributed by atoms with E-state index in [2.05, 4.69) is 29.6 Å². The van der Waals surface area contributed by atoms with Gasteiger partial charge in [-0.15, -0.1) is 0 Å². The van der Waals surface area contributed by atoms with Crippen molar-refractivity contribution in [1.82, 2.24) is 4.90 Å². The van der Waals surface area contributed by atoms with Crippen molar-refractivity contribution in [2.24, 2.45) is 0 Å². The number of likely N-dealkylation sites (tertiary alicyclic amines) is 1. The number of fused-ring (bicyclic) bond motifs is 2. The van der Waals surface area contributed by atoms with Crippen molar-refractivity contribution >= 4 is 17.7 Å². The number of ether oxygens (including phenoxy) is 1. The van der Waals surface area contributed by atoms with Gasteiger partial charge in [-0.25, -0.2) is 4.79 Å². The average Bonchev–Trinajstić information content (AvgIpc) is 3.33. The Morgan fingerprint density at radius 3 is 2.42 bits per heavy atom. The Balaban J connectivity index is 1.66. The monoisotopic (exact) mass is 440 g/mol. The summed E-state index contributed by atoms with van der Waals surface area (Å²) >= 11 is 0. The van der Waals surface area contributed by atoms with Crippen LogP contribution in [0.15, 0.2) is 78.9 Å². The topological polar surface area (TPSA) is 58.6 Å². The first-order chi connectivity index (χ1) is 15.8. The first-order valence-corrected chi connectivity index (χ1v) is 11.4. The van der Waals surface area contributed by atoms with Crippen LogP contribution in [0.5, 0.6) is 0 Å². The molecular formula is C28H28N2O3. The summed E-state index contributed by atoms with van der Waals surface area (Å²) in [4.78, 5) is 28.6. The van der Waals surface area contributed by atoms with E-state index >= 15 is 0 Å². The minimum atomic E-state index is -0.858. The van der Waals surface area contributed by atoms with Gasteiger partial charge in [-0.1, -0.05) is 66.7 Å². The molecule has 33 heavy (non-hydrogen) atoms. The van der Waals surface area contributed by atoms with Gasteiger partial charge in [0.25, 0.3) is 0 Å². The van der Waals surface area contributed by atoms with Gasteiger partial charge in [0.05, 0.1) is 6.04 Å². The molecule has 0 saturated carbocycles. The average molecular weight is 441 g/mol. The Kier molecular flexibility index (Phi) is 5.00. The number of benzene rings is 3. The summed E-state index contributed by atoms with van der Waals surface area (Å²) in [7, 11) is 0. The highest BCUT2D eigenvalue weighted by Crippen LogP contribution is 2.55. The number of carbonyl (C=O) groups excluding carboxylic acids is 2. The molecule has 0 aromatic heterocycles. The summed E-state index contributed by atoms with van der Waals surface area (Å²) in [5, 5.41) is 3.07. The molecule has 0 bridgehead atoms. The summed E-state index contributed by atoms with van der Waals surface area (Å²) in [6, 6.07) is 25.6. The van der Waals surface area contributed by atoms with Crippen LogP contribution >= 0.6 is 0 Å². The number of carbonyl (C=O) groups is 2. The molecule has 5 nitrogen and oxygen atoms in total. The molecule has 3 aromatic carbocycles. The Morgan fingerprint density at radius 2 is 1.67 bits per heavy atom. The van der Waals surface area contributed by atoms with Crippen molar-refractivity contribution in [3.63, 3.8) is 0 Å². The molecule has 0 aliphatic carbocycles. The number of hydrogen-bond acceptors (Lipinski definition) is 3. The summed E-state index contributed by atoms with van der Waals surface area (Å²) in [5.41, 5.74) is 3.33. The molecule has 168 valence electrons. The molecule has 1 saturated heterocycles. The Morgan fingerprint density at radius 1 is 0.970 bits per heavy atom. The van der Waals surface area contributed by atoms with Gasteiger partial charge >= 0.3 is 6.09 Å². The number of rotatable bonds is 2. The van der Waals surface area contributed by atoms with Crippen LogP contribution in [-0.4, -0.2) is 29.0 Å². The fourth-order valence-electron chi connectivity index (χ4n) is 5.19. The molecule has 2 amide bonds. The molecule has 3 aromatic rings. The van der Waals surface area contributed by atoms with Crippen molar-refractivity contribution in [2.45, 2.75) is 44.2 Å². The van der Waals surface area contributed by atoms with Crippen LogP contribution in [0.1, 0.15) is 44.4 Å². The maximum atomic E-state index is 13.6. The number of hydrogen-bond donors (Lipinski definition) is 1. The highest BCUT2D eigenvalue weighted by molar-refractivity contribution is 6.07. The number of nitrogens with one attached hydrogen (secondary N) is 1. The van der Waals surface area contributed by atoms with Gasteiger partial charge in [0.1, 0.15) is 11.0 Å². The molecule has 5 rings (SSSR count). The minimum Gasteiger partial charge on any atom is -0.444 e. The summed E-state index contributed by atoms with van der Waals surface area (Å²) in [6.45, 7) is 6.02. The van der Waals surface area contributed by atoms with E-state index in [0.29, 0.717) is 13.0 Å². The second-order valence-electron chi connectivity index (χ2n) is 9.79. The summed E-state index contributed by atoms with van der Waals surface area (Å²) in [5.74, 6) is -0.0649. The Hall–Kier alpha value is -3.60. The van der Waals surface area contributed by atoms with Crippen LogP contribution in [0.25, 0.3) is 11.1 Å². The van der Waals surface area contributed by atoms with Gasteiger partial charge in [0, 0.05) is 12.2 Å². The SMILES string of the molecule is CC(C)(C)OC(=O)N1CC[C@]2(C(=O)Nc3ccccc32)[C@H]1c1cccc(-c2ccccc2)c1. The van der Waals surface area contributed by atoms with Crippen LogP contribution in [0.2, 0.25) is 0 Å². The predicted molar refractivity (Wildman–Crippen MR) is 129 cm³/mol. The zero-order chi connectivity index (χ0) is 23.2. The second kappa shape index (κ2) is 7.77. The van der Waals surface area contributed by atoms with Crippen molar-refractivity contribution in [1.29, 1.82) is 0 Å². The van der Waals surface area contributed by atoms with Crippen molar-refractivity contribution in [3.05, 3.63) is 90.0 Å². The number of nitrogens with zero attached hydrogens (tertiary/aromatic N) is 1. The van der Waals surface area contributed by atoms with Gasteiger partial charge in [0.2, 0.25) is 5.91 Å². The molecule has 2 aliphatic heterocycles. The van der Waals surface area contributed by atoms with Gasteiger partial charge in [-0.05, 0) is 61.6 Å². The smallest absolute Gasteiger partial charge is 0.410 e. The summed E-state index contributed by atoms with van der Waals surface area (Å²) < 4.78 is 5.77. The van der Waals surface area contributed by atoms with E-state index in [0.717, 1.165) is 27.9 Å². The third kappa shape index (κ3) is 3.58. The molecule has 1 fully saturated rings. The minimum absolute atomic E-state index is 0.0649. The maximum absolute atomic E-state index is 13.6. The fraction of sp³-hybridized carbons (Fsp3) is 0.286. The van der Waals surface area contributed by atoms with Crippen LogP contribution < -0.4 is 5.32 Å². The van der Waals surface area contributed by atoms with Crippen LogP contribution in [0, 0.1) is 0 Å². The predicted octanol–water partition coefficient (Wildman–Crippen LogP) is 5.93. The molecule has 0 unspecified atom stereocenters. The van der Waals surface area contributed by atoms with Crippen LogP contribution in [0.3, 0.4) is 0 Å². The lowest BCUT2D eigenvalue weighted by Gasteiger charge is -2.35. The highest BCUT2D eigenvalue weighted by Gasteiger charge is 2.59. The molecular weight excluding hydrogens is 412 g/mol. The van der Waals surface area contributed by atoms with Crippen molar-refractivity contribution < 1.29 is 14.3 Å².